The van der Waals surface area contributed by atoms with Gasteiger partial charge < -0.3 is 5.73 Å². The Kier molecular flexibility index (Phi) is 2.42. The second kappa shape index (κ2) is 3.73. The van der Waals surface area contributed by atoms with Gasteiger partial charge in [0.25, 0.3) is 0 Å². The Morgan fingerprint density at radius 2 is 1.87 bits per heavy atom. The van der Waals surface area contributed by atoms with E-state index < -0.39 is 0 Å². The zero-order valence-corrected chi connectivity index (χ0v) is 8.99. The first-order valence-electron chi connectivity index (χ1n) is 4.96. The Morgan fingerprint density at radius 1 is 1.07 bits per heavy atom. The number of aryl methyl sites for hydroxylation is 2. The topological polar surface area (TPSA) is 38.9 Å². The van der Waals surface area contributed by atoms with Crippen LogP contribution in [0.15, 0.2) is 36.5 Å². The van der Waals surface area contributed by atoms with Gasteiger partial charge in [-0.1, -0.05) is 23.8 Å². The van der Waals surface area contributed by atoms with E-state index in [9.17, 15) is 0 Å². The number of nitrogens with two attached hydrogens (primary N) is 1. The van der Waals surface area contributed by atoms with Crippen molar-refractivity contribution in [3.05, 3.63) is 47.7 Å². The average molecular weight is 198 g/mol. The van der Waals surface area contributed by atoms with Gasteiger partial charge in [-0.2, -0.15) is 0 Å². The Labute approximate surface area is 89.8 Å². The van der Waals surface area contributed by atoms with Crippen LogP contribution in [0.3, 0.4) is 0 Å². The normalized spacial score (nSPS) is 10.3. The Balaban J connectivity index is 2.58. The zero-order valence-electron chi connectivity index (χ0n) is 8.99. The van der Waals surface area contributed by atoms with Gasteiger partial charge in [0, 0.05) is 6.20 Å². The van der Waals surface area contributed by atoms with Gasteiger partial charge in [-0.15, -0.1) is 0 Å². The largest absolute Gasteiger partial charge is 0.384 e. The van der Waals surface area contributed by atoms with Crippen molar-refractivity contribution in [1.82, 2.24) is 4.98 Å². The van der Waals surface area contributed by atoms with Crippen molar-refractivity contribution in [2.75, 3.05) is 5.73 Å². The molecule has 0 aliphatic rings. The highest BCUT2D eigenvalue weighted by atomic mass is 14.8. The summed E-state index contributed by atoms with van der Waals surface area (Å²) in [6.45, 7) is 4.19. The SMILES string of the molecule is Cc1ccc(C)c(-c2ccnc(N)c2)c1. The molecule has 0 fully saturated rings. The summed E-state index contributed by atoms with van der Waals surface area (Å²) >= 11 is 0. The molecule has 2 N–H and O–H groups in total. The lowest BCUT2D eigenvalue weighted by atomic mass is 9.99. The molecule has 1 heterocycles. The lowest BCUT2D eigenvalue weighted by molar-refractivity contribution is 1.32. The Hall–Kier alpha value is -1.83. The molecule has 2 nitrogen and oxygen atoms in total. The van der Waals surface area contributed by atoms with Crippen LogP contribution in [0, 0.1) is 13.8 Å². The van der Waals surface area contributed by atoms with E-state index in [2.05, 4.69) is 37.0 Å². The predicted molar refractivity (Wildman–Crippen MR) is 63.6 cm³/mol. The van der Waals surface area contributed by atoms with Crippen LogP contribution < -0.4 is 5.73 Å². The fourth-order valence-corrected chi connectivity index (χ4v) is 1.66. The minimum absolute atomic E-state index is 0.563. The average Bonchev–Trinajstić information content (AvgIpc) is 2.22. The maximum absolute atomic E-state index is 5.67. The Bertz CT molecular complexity index is 490. The fourth-order valence-electron chi connectivity index (χ4n) is 1.66. The predicted octanol–water partition coefficient (Wildman–Crippen LogP) is 2.95. The van der Waals surface area contributed by atoms with Gasteiger partial charge in [0.15, 0.2) is 0 Å². The molecule has 0 saturated carbocycles. The molecule has 0 saturated heterocycles. The van der Waals surface area contributed by atoms with Crippen molar-refractivity contribution >= 4 is 5.82 Å². The summed E-state index contributed by atoms with van der Waals surface area (Å²) < 4.78 is 0. The van der Waals surface area contributed by atoms with Gasteiger partial charge in [0.1, 0.15) is 5.82 Å². The zero-order chi connectivity index (χ0) is 10.8. The van der Waals surface area contributed by atoms with Crippen molar-refractivity contribution in [3.8, 4) is 11.1 Å². The number of pyridine rings is 1. The molecular formula is C13H14N2. The summed E-state index contributed by atoms with van der Waals surface area (Å²) in [4.78, 5) is 4.00. The van der Waals surface area contributed by atoms with Crippen molar-refractivity contribution in [2.45, 2.75) is 13.8 Å². The lowest BCUT2D eigenvalue weighted by Crippen LogP contribution is -1.91. The third-order valence-corrected chi connectivity index (χ3v) is 2.49. The molecule has 0 spiro atoms. The van der Waals surface area contributed by atoms with E-state index in [1.165, 1.54) is 16.7 Å². The van der Waals surface area contributed by atoms with Crippen LogP contribution in [0.5, 0.6) is 0 Å². The van der Waals surface area contributed by atoms with Gasteiger partial charge in [0.05, 0.1) is 0 Å². The van der Waals surface area contributed by atoms with Crippen LogP contribution in [0.25, 0.3) is 11.1 Å². The summed E-state index contributed by atoms with van der Waals surface area (Å²) in [7, 11) is 0. The van der Waals surface area contributed by atoms with Crippen LogP contribution in [0.2, 0.25) is 0 Å². The molecule has 0 unspecified atom stereocenters. The summed E-state index contributed by atoms with van der Waals surface area (Å²) in [6, 6.07) is 10.3. The van der Waals surface area contributed by atoms with Gasteiger partial charge in [-0.05, 0) is 42.7 Å². The summed E-state index contributed by atoms with van der Waals surface area (Å²) in [5.74, 6) is 0.563. The number of anilines is 1. The van der Waals surface area contributed by atoms with Gasteiger partial charge in [0.2, 0.25) is 0 Å². The first kappa shape index (κ1) is 9.71. The van der Waals surface area contributed by atoms with Crippen LogP contribution in [0.4, 0.5) is 5.82 Å². The standard InChI is InChI=1S/C13H14N2/c1-9-3-4-10(2)12(7-9)11-5-6-15-13(14)8-11/h3-8H,1-2H3,(H2,14,15). The molecule has 2 heteroatoms. The van der Waals surface area contributed by atoms with E-state index in [1.54, 1.807) is 6.20 Å². The van der Waals surface area contributed by atoms with E-state index in [0.29, 0.717) is 5.82 Å². The number of hydrogen-bond acceptors (Lipinski definition) is 2. The molecular weight excluding hydrogens is 184 g/mol. The third kappa shape index (κ3) is 1.99. The van der Waals surface area contributed by atoms with Crippen molar-refractivity contribution in [2.24, 2.45) is 0 Å². The van der Waals surface area contributed by atoms with E-state index >= 15 is 0 Å². The second-order valence-corrected chi connectivity index (χ2v) is 3.79. The number of nitrogen functional groups attached to an aromatic ring is 1. The molecule has 0 aliphatic carbocycles. The van der Waals surface area contributed by atoms with Crippen LogP contribution in [0.1, 0.15) is 11.1 Å². The third-order valence-electron chi connectivity index (χ3n) is 2.49. The summed E-state index contributed by atoms with van der Waals surface area (Å²) in [5.41, 5.74) is 10.5. The van der Waals surface area contributed by atoms with Gasteiger partial charge >= 0.3 is 0 Å². The number of nitrogens with zero attached hydrogens (tertiary/aromatic N) is 1. The van der Waals surface area contributed by atoms with Crippen LogP contribution in [-0.4, -0.2) is 4.98 Å². The maximum Gasteiger partial charge on any atom is 0.123 e. The van der Waals surface area contributed by atoms with Crippen LogP contribution >= 0.6 is 0 Å². The lowest BCUT2D eigenvalue weighted by Gasteiger charge is -2.07. The number of hydrogen-bond donors (Lipinski definition) is 1. The van der Waals surface area contributed by atoms with Crippen molar-refractivity contribution in [1.29, 1.82) is 0 Å². The Morgan fingerprint density at radius 3 is 2.60 bits per heavy atom. The van der Waals surface area contributed by atoms with E-state index in [-0.39, 0.29) is 0 Å². The first-order valence-corrected chi connectivity index (χ1v) is 4.96. The highest BCUT2D eigenvalue weighted by molar-refractivity contribution is 5.69. The number of aromatic nitrogens is 1. The maximum atomic E-state index is 5.67. The van der Waals surface area contributed by atoms with Gasteiger partial charge in [-0.25, -0.2) is 4.98 Å². The van der Waals surface area contributed by atoms with E-state index in [0.717, 1.165) is 5.56 Å². The van der Waals surface area contributed by atoms with Crippen molar-refractivity contribution < 1.29 is 0 Å². The van der Waals surface area contributed by atoms with Crippen molar-refractivity contribution in [3.63, 3.8) is 0 Å². The minimum atomic E-state index is 0.563. The van der Waals surface area contributed by atoms with E-state index in [4.69, 9.17) is 5.73 Å². The highest BCUT2D eigenvalue weighted by Crippen LogP contribution is 2.24. The molecule has 2 aromatic rings. The molecule has 0 radical (unpaired) electrons. The molecule has 1 aromatic heterocycles. The molecule has 2 rings (SSSR count). The molecule has 0 aliphatic heterocycles. The van der Waals surface area contributed by atoms with Gasteiger partial charge in [-0.3, -0.25) is 0 Å². The number of rotatable bonds is 1. The summed E-state index contributed by atoms with van der Waals surface area (Å²) in [6.07, 6.45) is 1.74. The fraction of sp³-hybridized carbons (Fsp3) is 0.154. The molecule has 76 valence electrons. The van der Waals surface area contributed by atoms with E-state index in [1.807, 2.05) is 12.1 Å². The summed E-state index contributed by atoms with van der Waals surface area (Å²) in [5, 5.41) is 0. The molecule has 15 heavy (non-hydrogen) atoms. The molecule has 0 atom stereocenters. The molecule has 1 aromatic carbocycles. The smallest absolute Gasteiger partial charge is 0.123 e. The highest BCUT2D eigenvalue weighted by Gasteiger charge is 2.02. The van der Waals surface area contributed by atoms with Crippen LogP contribution in [-0.2, 0) is 0 Å². The second-order valence-electron chi connectivity index (χ2n) is 3.79. The quantitative estimate of drug-likeness (QED) is 0.765. The molecule has 0 bridgehead atoms. The number of benzene rings is 1. The first-order chi connectivity index (χ1) is 7.16. The molecule has 0 amide bonds. The monoisotopic (exact) mass is 198 g/mol. The minimum Gasteiger partial charge on any atom is -0.384 e.